The van der Waals surface area contributed by atoms with E-state index in [1.165, 1.54) is 11.1 Å². The Bertz CT molecular complexity index is 860. The fraction of sp³-hybridized carbons (Fsp3) is 0.188. The minimum Gasteiger partial charge on any atom is -0.384 e. The number of hydrogen-bond donors (Lipinski definition) is 2. The van der Waals surface area contributed by atoms with Crippen molar-refractivity contribution in [3.8, 4) is 5.82 Å². The zero-order valence-corrected chi connectivity index (χ0v) is 12.3. The molecule has 3 aromatic rings. The lowest BCUT2D eigenvalue weighted by atomic mass is 10.1. The molecule has 0 bridgehead atoms. The molecule has 2 aromatic heterocycles. The highest BCUT2D eigenvalue weighted by Crippen LogP contribution is 2.21. The zero-order valence-electron chi connectivity index (χ0n) is 12.3. The third-order valence-electron chi connectivity index (χ3n) is 3.66. The quantitative estimate of drug-likeness (QED) is 0.559. The summed E-state index contributed by atoms with van der Waals surface area (Å²) in [4.78, 5) is 8.97. The molecule has 1 aromatic carbocycles. The van der Waals surface area contributed by atoms with Crippen LogP contribution in [-0.2, 0) is 0 Å². The average Bonchev–Trinajstić information content (AvgIpc) is 2.81. The largest absolute Gasteiger partial charge is 0.384 e. The van der Waals surface area contributed by atoms with Crippen LogP contribution in [0.3, 0.4) is 0 Å². The molecule has 0 atom stereocenters. The van der Waals surface area contributed by atoms with Crippen molar-refractivity contribution in [2.75, 3.05) is 0 Å². The van der Waals surface area contributed by atoms with Crippen LogP contribution in [0.25, 0.3) is 16.9 Å². The van der Waals surface area contributed by atoms with Crippen LogP contribution in [0.4, 0.5) is 0 Å². The Labute approximate surface area is 123 Å². The molecule has 21 heavy (non-hydrogen) atoms. The first-order valence-electron chi connectivity index (χ1n) is 6.73. The molecular weight excluding hydrogens is 262 g/mol. The molecule has 0 amide bonds. The molecule has 0 aliphatic rings. The highest BCUT2D eigenvalue weighted by Gasteiger charge is 2.10. The van der Waals surface area contributed by atoms with E-state index in [2.05, 4.69) is 35.9 Å². The van der Waals surface area contributed by atoms with Gasteiger partial charge in [0.1, 0.15) is 18.0 Å². The Morgan fingerprint density at radius 1 is 1.10 bits per heavy atom. The van der Waals surface area contributed by atoms with Gasteiger partial charge in [-0.2, -0.15) is 0 Å². The number of nitrogens with two attached hydrogens (primary N) is 1. The molecule has 0 radical (unpaired) electrons. The molecule has 5 heteroatoms. The molecule has 0 spiro atoms. The maximum Gasteiger partial charge on any atom is 0.139 e. The van der Waals surface area contributed by atoms with Gasteiger partial charge in [0.2, 0.25) is 0 Å². The first-order valence-corrected chi connectivity index (χ1v) is 6.73. The Morgan fingerprint density at radius 2 is 1.81 bits per heavy atom. The van der Waals surface area contributed by atoms with Crippen molar-refractivity contribution in [2.45, 2.75) is 20.8 Å². The summed E-state index contributed by atoms with van der Waals surface area (Å²) >= 11 is 0. The van der Waals surface area contributed by atoms with Crippen LogP contribution < -0.4 is 5.73 Å². The molecule has 106 valence electrons. The van der Waals surface area contributed by atoms with Crippen LogP contribution >= 0.6 is 0 Å². The maximum absolute atomic E-state index is 7.60. The van der Waals surface area contributed by atoms with Crippen molar-refractivity contribution < 1.29 is 0 Å². The summed E-state index contributed by atoms with van der Waals surface area (Å²) < 4.78 is 1.93. The molecule has 0 fully saturated rings. The first kappa shape index (κ1) is 13.3. The Hall–Kier alpha value is -2.69. The number of aryl methyl sites for hydroxylation is 3. The number of aromatic nitrogens is 3. The number of nitrogens with one attached hydrogen (secondary N) is 1. The molecule has 5 nitrogen and oxygen atoms in total. The number of nitrogen functional groups attached to an aromatic ring is 1. The van der Waals surface area contributed by atoms with Crippen LogP contribution in [0.2, 0.25) is 0 Å². The van der Waals surface area contributed by atoms with Gasteiger partial charge in [-0.3, -0.25) is 9.98 Å². The number of pyridine rings is 1. The average molecular weight is 279 g/mol. The lowest BCUT2D eigenvalue weighted by Crippen LogP contribution is -2.12. The minimum absolute atomic E-state index is 0.0400. The predicted octanol–water partition coefficient (Wildman–Crippen LogP) is 2.63. The highest BCUT2D eigenvalue weighted by molar-refractivity contribution is 5.95. The lowest BCUT2D eigenvalue weighted by molar-refractivity contribution is 0.998. The van der Waals surface area contributed by atoms with Gasteiger partial charge in [-0.1, -0.05) is 0 Å². The maximum atomic E-state index is 7.60. The SMILES string of the molecule is Cc1cc(C(=N)N)cc(-n2cnc3cc(C)c(C)cc32)n1. The number of rotatable bonds is 2. The third-order valence-corrected chi connectivity index (χ3v) is 3.66. The van der Waals surface area contributed by atoms with Gasteiger partial charge in [0, 0.05) is 11.3 Å². The topological polar surface area (TPSA) is 80.6 Å². The molecule has 0 aliphatic heterocycles. The van der Waals surface area contributed by atoms with Crippen LogP contribution in [-0.4, -0.2) is 20.4 Å². The number of amidine groups is 1. The highest BCUT2D eigenvalue weighted by atomic mass is 15.1. The third kappa shape index (κ3) is 2.27. The van der Waals surface area contributed by atoms with E-state index in [-0.39, 0.29) is 5.84 Å². The number of hydrogen-bond acceptors (Lipinski definition) is 3. The summed E-state index contributed by atoms with van der Waals surface area (Å²) in [5.41, 5.74) is 11.5. The van der Waals surface area contributed by atoms with Gasteiger partial charge in [-0.05, 0) is 56.2 Å². The second kappa shape index (κ2) is 4.70. The first-order chi connectivity index (χ1) is 9.95. The summed E-state index contributed by atoms with van der Waals surface area (Å²) in [7, 11) is 0. The van der Waals surface area contributed by atoms with Crippen LogP contribution in [0, 0.1) is 26.2 Å². The lowest BCUT2D eigenvalue weighted by Gasteiger charge is -2.08. The van der Waals surface area contributed by atoms with E-state index in [0.717, 1.165) is 22.5 Å². The summed E-state index contributed by atoms with van der Waals surface area (Å²) in [6, 6.07) is 7.80. The van der Waals surface area contributed by atoms with E-state index in [9.17, 15) is 0 Å². The van der Waals surface area contributed by atoms with E-state index in [0.29, 0.717) is 5.56 Å². The van der Waals surface area contributed by atoms with Crippen LogP contribution in [0.5, 0.6) is 0 Å². The van der Waals surface area contributed by atoms with Crippen LogP contribution in [0.1, 0.15) is 22.4 Å². The van der Waals surface area contributed by atoms with E-state index in [1.807, 2.05) is 17.6 Å². The normalized spacial score (nSPS) is 11.0. The molecule has 3 N–H and O–H groups in total. The van der Waals surface area contributed by atoms with E-state index in [4.69, 9.17) is 11.1 Å². The van der Waals surface area contributed by atoms with E-state index in [1.54, 1.807) is 12.4 Å². The number of imidazole rings is 1. The smallest absolute Gasteiger partial charge is 0.139 e. The van der Waals surface area contributed by atoms with Gasteiger partial charge >= 0.3 is 0 Å². The van der Waals surface area contributed by atoms with Crippen molar-refractivity contribution in [3.05, 3.63) is 53.0 Å². The molecule has 3 rings (SSSR count). The van der Waals surface area contributed by atoms with Gasteiger partial charge in [0.25, 0.3) is 0 Å². The predicted molar refractivity (Wildman–Crippen MR) is 84.1 cm³/mol. The van der Waals surface area contributed by atoms with Crippen molar-refractivity contribution in [1.82, 2.24) is 14.5 Å². The number of nitrogens with zero attached hydrogens (tertiary/aromatic N) is 3. The van der Waals surface area contributed by atoms with E-state index >= 15 is 0 Å². The van der Waals surface area contributed by atoms with Crippen molar-refractivity contribution in [2.24, 2.45) is 5.73 Å². The fourth-order valence-corrected chi connectivity index (χ4v) is 2.38. The number of benzene rings is 1. The molecular formula is C16H17N5. The minimum atomic E-state index is 0.0400. The summed E-state index contributed by atoms with van der Waals surface area (Å²) in [5, 5.41) is 7.60. The summed E-state index contributed by atoms with van der Waals surface area (Å²) in [6.45, 7) is 6.05. The Kier molecular flexibility index (Phi) is 2.97. The molecule has 0 saturated carbocycles. The second-order valence-corrected chi connectivity index (χ2v) is 5.31. The van der Waals surface area contributed by atoms with Crippen molar-refractivity contribution in [1.29, 1.82) is 5.41 Å². The van der Waals surface area contributed by atoms with Crippen molar-refractivity contribution >= 4 is 16.9 Å². The second-order valence-electron chi connectivity index (χ2n) is 5.31. The van der Waals surface area contributed by atoms with Gasteiger partial charge in [0.05, 0.1) is 11.0 Å². The fourth-order valence-electron chi connectivity index (χ4n) is 2.38. The van der Waals surface area contributed by atoms with Crippen molar-refractivity contribution in [3.63, 3.8) is 0 Å². The zero-order chi connectivity index (χ0) is 15.1. The molecule has 2 heterocycles. The molecule has 0 unspecified atom stereocenters. The Morgan fingerprint density at radius 3 is 2.52 bits per heavy atom. The van der Waals surface area contributed by atoms with Crippen LogP contribution in [0.15, 0.2) is 30.6 Å². The molecule has 0 saturated heterocycles. The standard InChI is InChI=1S/C16H17N5/c1-9-4-13-14(5-10(9)2)21(8-19-13)15-7-12(16(17)18)6-11(3)20-15/h4-8H,1-3H3,(H3,17,18). The Balaban J connectivity index is 2.25. The van der Waals surface area contributed by atoms with E-state index < -0.39 is 0 Å². The summed E-state index contributed by atoms with van der Waals surface area (Å²) in [6.07, 6.45) is 1.76. The number of fused-ring (bicyclic) bond motifs is 1. The van der Waals surface area contributed by atoms with Gasteiger partial charge in [-0.25, -0.2) is 9.97 Å². The van der Waals surface area contributed by atoms with Gasteiger partial charge < -0.3 is 5.73 Å². The summed E-state index contributed by atoms with van der Waals surface area (Å²) in [5.74, 6) is 0.768. The molecule has 0 aliphatic carbocycles. The van der Waals surface area contributed by atoms with Gasteiger partial charge in [0.15, 0.2) is 0 Å². The van der Waals surface area contributed by atoms with Gasteiger partial charge in [-0.15, -0.1) is 0 Å². The monoisotopic (exact) mass is 279 g/mol.